The molecular weight excluding hydrogens is 168 g/mol. The van der Waals surface area contributed by atoms with Gasteiger partial charge in [-0.05, 0) is 20.8 Å². The van der Waals surface area contributed by atoms with Crippen molar-refractivity contribution in [3.05, 3.63) is 0 Å². The lowest BCUT2D eigenvalue weighted by atomic mass is 10.3. The van der Waals surface area contributed by atoms with E-state index in [9.17, 15) is 9.90 Å². The molecule has 0 saturated carbocycles. The Labute approximate surface area is 79.1 Å². The summed E-state index contributed by atoms with van der Waals surface area (Å²) < 4.78 is 0. The molecule has 4 nitrogen and oxygen atoms in total. The number of hydrogen-bond donors (Lipinski definition) is 1. The number of nitrogens with zero attached hydrogens (tertiary/aromatic N) is 2. The second kappa shape index (κ2) is 4.07. The van der Waals surface area contributed by atoms with E-state index in [0.29, 0.717) is 13.0 Å². The van der Waals surface area contributed by atoms with Crippen molar-refractivity contribution in [1.82, 2.24) is 10.0 Å². The van der Waals surface area contributed by atoms with Gasteiger partial charge < -0.3 is 5.11 Å². The Hall–Kier alpha value is -0.610. The maximum Gasteiger partial charge on any atom is 0.238 e. The largest absolute Gasteiger partial charge is 0.392 e. The van der Waals surface area contributed by atoms with Crippen molar-refractivity contribution in [2.45, 2.75) is 39.3 Å². The molecule has 0 bridgehead atoms. The summed E-state index contributed by atoms with van der Waals surface area (Å²) in [7, 11) is 0. The van der Waals surface area contributed by atoms with Gasteiger partial charge in [0.15, 0.2) is 0 Å². The Bertz CT molecular complexity index is 192. The zero-order chi connectivity index (χ0) is 10.0. The van der Waals surface area contributed by atoms with Gasteiger partial charge in [-0.3, -0.25) is 9.80 Å². The maximum absolute atomic E-state index is 11.4. The quantitative estimate of drug-likeness (QED) is 0.686. The Morgan fingerprint density at radius 3 is 2.54 bits per heavy atom. The first-order valence-corrected chi connectivity index (χ1v) is 4.77. The summed E-state index contributed by atoms with van der Waals surface area (Å²) in [5, 5.41) is 12.9. The van der Waals surface area contributed by atoms with E-state index < -0.39 is 0 Å². The fraction of sp³-hybridized carbons (Fsp3) is 0.889. The monoisotopic (exact) mass is 186 g/mol. The molecule has 1 amide bonds. The predicted octanol–water partition coefficient (Wildman–Crippen LogP) is 0.225. The van der Waals surface area contributed by atoms with Gasteiger partial charge in [0.1, 0.15) is 0 Å². The summed E-state index contributed by atoms with van der Waals surface area (Å²) in [6.07, 6.45) is 0.192. The smallest absolute Gasteiger partial charge is 0.238 e. The normalized spacial score (nSPS) is 21.6. The molecule has 4 heteroatoms. The van der Waals surface area contributed by atoms with Gasteiger partial charge in [0.25, 0.3) is 0 Å². The van der Waals surface area contributed by atoms with E-state index >= 15 is 0 Å². The van der Waals surface area contributed by atoms with E-state index in [-0.39, 0.29) is 18.1 Å². The molecule has 0 aromatic carbocycles. The lowest BCUT2D eigenvalue weighted by Gasteiger charge is -2.31. The van der Waals surface area contributed by atoms with Gasteiger partial charge in [-0.25, -0.2) is 5.01 Å². The highest BCUT2D eigenvalue weighted by Gasteiger charge is 2.31. The minimum absolute atomic E-state index is 0.163. The van der Waals surface area contributed by atoms with Crippen molar-refractivity contribution in [2.75, 3.05) is 13.1 Å². The highest BCUT2D eigenvalue weighted by atomic mass is 16.3. The Balaban J connectivity index is 2.59. The molecule has 1 aliphatic heterocycles. The second-order valence-electron chi connectivity index (χ2n) is 3.84. The van der Waals surface area contributed by atoms with Gasteiger partial charge in [0.05, 0.1) is 6.10 Å². The molecule has 1 N–H and O–H groups in total. The molecule has 1 unspecified atom stereocenters. The van der Waals surface area contributed by atoms with Gasteiger partial charge in [-0.1, -0.05) is 0 Å². The number of carbonyl (C=O) groups is 1. The van der Waals surface area contributed by atoms with Crippen molar-refractivity contribution in [3.8, 4) is 0 Å². The van der Waals surface area contributed by atoms with Crippen LogP contribution in [-0.2, 0) is 4.79 Å². The summed E-state index contributed by atoms with van der Waals surface area (Å²) in [6, 6.07) is 0.189. The van der Waals surface area contributed by atoms with Crippen molar-refractivity contribution in [2.24, 2.45) is 0 Å². The first kappa shape index (κ1) is 10.5. The van der Waals surface area contributed by atoms with Crippen LogP contribution in [0.4, 0.5) is 0 Å². The highest BCUT2D eigenvalue weighted by Crippen LogP contribution is 2.15. The first-order valence-electron chi connectivity index (χ1n) is 4.77. The standard InChI is InChI=1S/C9H18N2O2/c1-7(2)11-9(13)4-5-10(11)6-8(3)12/h7-8,12H,4-6H2,1-3H3. The van der Waals surface area contributed by atoms with E-state index in [1.807, 2.05) is 18.9 Å². The molecule has 13 heavy (non-hydrogen) atoms. The molecular formula is C9H18N2O2. The lowest BCUT2D eigenvalue weighted by Crippen LogP contribution is -2.46. The van der Waals surface area contributed by atoms with Crippen molar-refractivity contribution < 1.29 is 9.90 Å². The average Bonchev–Trinajstić information content (AvgIpc) is 2.30. The molecule has 1 saturated heterocycles. The number of aliphatic hydroxyl groups excluding tert-OH is 1. The van der Waals surface area contributed by atoms with Gasteiger partial charge in [0, 0.05) is 25.6 Å². The van der Waals surface area contributed by atoms with Crippen LogP contribution in [0, 0.1) is 0 Å². The number of amides is 1. The molecule has 1 rings (SSSR count). The molecule has 0 radical (unpaired) electrons. The van der Waals surface area contributed by atoms with E-state index in [4.69, 9.17) is 0 Å². The Morgan fingerprint density at radius 2 is 2.08 bits per heavy atom. The molecule has 1 aliphatic rings. The van der Waals surface area contributed by atoms with Crippen LogP contribution in [0.1, 0.15) is 27.2 Å². The number of aliphatic hydroxyl groups is 1. The minimum Gasteiger partial charge on any atom is -0.392 e. The van der Waals surface area contributed by atoms with Crippen LogP contribution in [0.3, 0.4) is 0 Å². The molecule has 0 spiro atoms. The van der Waals surface area contributed by atoms with Crippen LogP contribution in [0.5, 0.6) is 0 Å². The minimum atomic E-state index is -0.382. The summed E-state index contributed by atoms with van der Waals surface area (Å²) in [4.78, 5) is 11.4. The molecule has 1 atom stereocenters. The fourth-order valence-electron chi connectivity index (χ4n) is 1.70. The number of β-amino-alcohol motifs (C(OH)–C–C–N with tert-alkyl or cyclic N) is 1. The van der Waals surface area contributed by atoms with Crippen LogP contribution in [-0.4, -0.2) is 46.3 Å². The van der Waals surface area contributed by atoms with Crippen molar-refractivity contribution >= 4 is 5.91 Å². The van der Waals surface area contributed by atoms with E-state index in [0.717, 1.165) is 6.54 Å². The van der Waals surface area contributed by atoms with Crippen molar-refractivity contribution in [3.63, 3.8) is 0 Å². The van der Waals surface area contributed by atoms with Crippen molar-refractivity contribution in [1.29, 1.82) is 0 Å². The third kappa shape index (κ3) is 2.42. The zero-order valence-electron chi connectivity index (χ0n) is 8.53. The molecule has 1 heterocycles. The van der Waals surface area contributed by atoms with Gasteiger partial charge >= 0.3 is 0 Å². The van der Waals surface area contributed by atoms with Crippen LogP contribution < -0.4 is 0 Å². The zero-order valence-corrected chi connectivity index (χ0v) is 8.53. The molecule has 0 aromatic heterocycles. The number of rotatable bonds is 3. The van der Waals surface area contributed by atoms with Gasteiger partial charge in [-0.15, -0.1) is 0 Å². The second-order valence-corrected chi connectivity index (χ2v) is 3.84. The van der Waals surface area contributed by atoms with Crippen LogP contribution in [0.25, 0.3) is 0 Å². The lowest BCUT2D eigenvalue weighted by molar-refractivity contribution is -0.142. The SMILES string of the molecule is CC(O)CN1CCC(=O)N1C(C)C. The number of hydrogen-bond acceptors (Lipinski definition) is 3. The van der Waals surface area contributed by atoms with E-state index in [1.165, 1.54) is 0 Å². The molecule has 1 fully saturated rings. The first-order chi connectivity index (χ1) is 6.02. The van der Waals surface area contributed by atoms with Crippen LogP contribution in [0.15, 0.2) is 0 Å². The highest BCUT2D eigenvalue weighted by molar-refractivity contribution is 5.77. The summed E-state index contributed by atoms with van der Waals surface area (Å²) in [5.41, 5.74) is 0. The third-order valence-corrected chi connectivity index (χ3v) is 2.11. The molecule has 76 valence electrons. The summed E-state index contributed by atoms with van der Waals surface area (Å²) in [5.74, 6) is 0.163. The average molecular weight is 186 g/mol. The predicted molar refractivity (Wildman–Crippen MR) is 49.9 cm³/mol. The van der Waals surface area contributed by atoms with Gasteiger partial charge in [-0.2, -0.15) is 0 Å². The number of carbonyl (C=O) groups excluding carboxylic acids is 1. The third-order valence-electron chi connectivity index (χ3n) is 2.11. The van der Waals surface area contributed by atoms with Gasteiger partial charge in [0.2, 0.25) is 5.91 Å². The molecule has 0 aromatic rings. The summed E-state index contributed by atoms with van der Waals surface area (Å²) in [6.45, 7) is 6.99. The van der Waals surface area contributed by atoms with E-state index in [1.54, 1.807) is 11.9 Å². The number of hydrazine groups is 1. The Kier molecular flexibility index (Phi) is 3.27. The Morgan fingerprint density at radius 1 is 1.46 bits per heavy atom. The summed E-state index contributed by atoms with van der Waals surface area (Å²) >= 11 is 0. The van der Waals surface area contributed by atoms with Crippen LogP contribution >= 0.6 is 0 Å². The van der Waals surface area contributed by atoms with Crippen LogP contribution in [0.2, 0.25) is 0 Å². The topological polar surface area (TPSA) is 43.8 Å². The molecule has 0 aliphatic carbocycles. The maximum atomic E-state index is 11.4. The van der Waals surface area contributed by atoms with E-state index in [2.05, 4.69) is 0 Å². The fourth-order valence-corrected chi connectivity index (χ4v) is 1.70.